The first-order valence-corrected chi connectivity index (χ1v) is 5.16. The first-order chi connectivity index (χ1) is 7.59. The Morgan fingerprint density at radius 1 is 1.44 bits per heavy atom. The van der Waals surface area contributed by atoms with E-state index in [2.05, 4.69) is 6.58 Å². The molecule has 1 heterocycles. The Kier molecular flexibility index (Phi) is 2.56. The molecular weight excluding hydrogens is 204 g/mol. The number of carbonyl (C=O) groups excluding carboxylic acids is 1. The quantitative estimate of drug-likeness (QED) is 0.608. The molecule has 0 aliphatic carbocycles. The summed E-state index contributed by atoms with van der Waals surface area (Å²) in [4.78, 5) is 11.4. The van der Waals surface area contributed by atoms with Crippen LogP contribution >= 0.6 is 0 Å². The molecule has 0 radical (unpaired) electrons. The Morgan fingerprint density at radius 3 is 2.62 bits per heavy atom. The van der Waals surface area contributed by atoms with E-state index in [1.807, 2.05) is 30.3 Å². The van der Waals surface area contributed by atoms with E-state index < -0.39 is 23.6 Å². The molecule has 1 fully saturated rings. The van der Waals surface area contributed by atoms with Crippen LogP contribution in [0.5, 0.6) is 0 Å². The van der Waals surface area contributed by atoms with Gasteiger partial charge in [-0.3, -0.25) is 0 Å². The molecule has 1 aromatic rings. The summed E-state index contributed by atoms with van der Waals surface area (Å²) in [5.41, 5.74) is 0.105. The lowest BCUT2D eigenvalue weighted by Gasteiger charge is -2.27. The number of cyclic esters (lactones) is 1. The zero-order valence-corrected chi connectivity index (χ0v) is 9.09. The number of rotatable bonds is 2. The van der Waals surface area contributed by atoms with Crippen LogP contribution in [0.25, 0.3) is 0 Å². The van der Waals surface area contributed by atoms with E-state index in [0.29, 0.717) is 0 Å². The molecule has 3 nitrogen and oxygen atoms in total. The predicted octanol–water partition coefficient (Wildman–Crippen LogP) is 1.84. The lowest BCUT2D eigenvalue weighted by molar-refractivity contribution is -0.147. The molecular formula is C13H14O3. The van der Waals surface area contributed by atoms with Crippen molar-refractivity contribution in [3.05, 3.63) is 48.6 Å². The van der Waals surface area contributed by atoms with Gasteiger partial charge in [0, 0.05) is 0 Å². The van der Waals surface area contributed by atoms with Gasteiger partial charge in [0.2, 0.25) is 0 Å². The van der Waals surface area contributed by atoms with E-state index in [0.717, 1.165) is 5.56 Å². The monoisotopic (exact) mass is 218 g/mol. The SMILES string of the molecule is C=C[C@]1(C)[C@@H](c2ccccc2)OC(=O)[C@@H]1O. The topological polar surface area (TPSA) is 46.5 Å². The summed E-state index contributed by atoms with van der Waals surface area (Å²) >= 11 is 0. The van der Waals surface area contributed by atoms with Crippen molar-refractivity contribution in [3.63, 3.8) is 0 Å². The molecule has 1 N–H and O–H groups in total. The highest BCUT2D eigenvalue weighted by molar-refractivity contribution is 5.79. The van der Waals surface area contributed by atoms with Gasteiger partial charge in [0.15, 0.2) is 6.10 Å². The van der Waals surface area contributed by atoms with Crippen molar-refractivity contribution in [2.45, 2.75) is 19.1 Å². The molecule has 0 aromatic heterocycles. The fraction of sp³-hybridized carbons (Fsp3) is 0.308. The summed E-state index contributed by atoms with van der Waals surface area (Å²) < 4.78 is 5.21. The van der Waals surface area contributed by atoms with Crippen LogP contribution in [-0.2, 0) is 9.53 Å². The molecule has 0 unspecified atom stereocenters. The maximum Gasteiger partial charge on any atom is 0.336 e. The largest absolute Gasteiger partial charge is 0.454 e. The number of esters is 1. The van der Waals surface area contributed by atoms with Crippen molar-refractivity contribution in [1.29, 1.82) is 0 Å². The summed E-state index contributed by atoms with van der Waals surface area (Å²) in [5.74, 6) is -0.587. The molecule has 1 aliphatic heterocycles. The van der Waals surface area contributed by atoms with Crippen LogP contribution in [0.15, 0.2) is 43.0 Å². The van der Waals surface area contributed by atoms with Gasteiger partial charge in [-0.05, 0) is 12.5 Å². The fourth-order valence-electron chi connectivity index (χ4n) is 1.98. The van der Waals surface area contributed by atoms with Crippen molar-refractivity contribution in [2.24, 2.45) is 5.41 Å². The second-order valence-corrected chi connectivity index (χ2v) is 4.20. The molecule has 16 heavy (non-hydrogen) atoms. The summed E-state index contributed by atoms with van der Waals surface area (Å²) in [6, 6.07) is 9.38. The highest BCUT2D eigenvalue weighted by Gasteiger charge is 2.52. The van der Waals surface area contributed by atoms with Crippen molar-refractivity contribution < 1.29 is 14.6 Å². The summed E-state index contributed by atoms with van der Waals surface area (Å²) in [6.45, 7) is 5.45. The zero-order valence-electron chi connectivity index (χ0n) is 9.09. The van der Waals surface area contributed by atoms with Gasteiger partial charge >= 0.3 is 5.97 Å². The second kappa shape index (κ2) is 3.76. The molecule has 3 atom stereocenters. The third kappa shape index (κ3) is 1.44. The summed E-state index contributed by atoms with van der Waals surface area (Å²) in [6.07, 6.45) is -0.0239. The average molecular weight is 218 g/mol. The van der Waals surface area contributed by atoms with Crippen LogP contribution in [0.2, 0.25) is 0 Å². The Bertz CT molecular complexity index is 412. The fourth-order valence-corrected chi connectivity index (χ4v) is 1.98. The number of hydrogen-bond acceptors (Lipinski definition) is 3. The molecule has 3 heteroatoms. The lowest BCUT2D eigenvalue weighted by atomic mass is 9.78. The number of carbonyl (C=O) groups is 1. The molecule has 0 bridgehead atoms. The maximum absolute atomic E-state index is 11.4. The van der Waals surface area contributed by atoms with Gasteiger partial charge < -0.3 is 9.84 Å². The number of ether oxygens (including phenoxy) is 1. The van der Waals surface area contributed by atoms with Crippen LogP contribution in [0.4, 0.5) is 0 Å². The van der Waals surface area contributed by atoms with E-state index in [-0.39, 0.29) is 0 Å². The van der Waals surface area contributed by atoms with Gasteiger partial charge in [-0.25, -0.2) is 4.79 Å². The Labute approximate surface area is 94.4 Å². The minimum atomic E-state index is -1.14. The first kappa shape index (κ1) is 10.9. The number of aliphatic hydroxyl groups excluding tert-OH is 1. The normalized spacial score (nSPS) is 33.5. The minimum absolute atomic E-state index is 0.464. The Morgan fingerprint density at radius 2 is 2.06 bits per heavy atom. The molecule has 84 valence electrons. The van der Waals surface area contributed by atoms with E-state index in [9.17, 15) is 9.90 Å². The standard InChI is InChI=1S/C13H14O3/c1-3-13(2)10(14)12(15)16-11(13)9-7-5-4-6-8-9/h3-8,10-11,14H,1H2,2H3/t10-,11+,13-/m0/s1. The maximum atomic E-state index is 11.4. The Balaban J connectivity index is 2.43. The summed E-state index contributed by atoms with van der Waals surface area (Å²) in [7, 11) is 0. The van der Waals surface area contributed by atoms with Crippen LogP contribution in [0.3, 0.4) is 0 Å². The number of benzene rings is 1. The molecule has 2 rings (SSSR count). The van der Waals surface area contributed by atoms with Gasteiger partial charge in [-0.2, -0.15) is 0 Å². The molecule has 1 aliphatic rings. The van der Waals surface area contributed by atoms with Gasteiger partial charge in [0.25, 0.3) is 0 Å². The average Bonchev–Trinajstić information content (AvgIpc) is 2.56. The molecule has 0 saturated carbocycles. The van der Waals surface area contributed by atoms with Gasteiger partial charge in [-0.15, -0.1) is 6.58 Å². The highest BCUT2D eigenvalue weighted by Crippen LogP contribution is 2.46. The minimum Gasteiger partial charge on any atom is -0.454 e. The predicted molar refractivity (Wildman–Crippen MR) is 59.6 cm³/mol. The smallest absolute Gasteiger partial charge is 0.336 e. The van der Waals surface area contributed by atoms with Crippen LogP contribution in [0.1, 0.15) is 18.6 Å². The van der Waals surface area contributed by atoms with Crippen molar-refractivity contribution in [2.75, 3.05) is 0 Å². The van der Waals surface area contributed by atoms with Crippen LogP contribution in [-0.4, -0.2) is 17.2 Å². The van der Waals surface area contributed by atoms with E-state index >= 15 is 0 Å². The van der Waals surface area contributed by atoms with Crippen LogP contribution in [0, 0.1) is 5.41 Å². The second-order valence-electron chi connectivity index (χ2n) is 4.20. The molecule has 0 amide bonds. The van der Waals surface area contributed by atoms with E-state index in [1.165, 1.54) is 0 Å². The molecule has 1 saturated heterocycles. The third-order valence-electron chi connectivity index (χ3n) is 3.15. The number of hydrogen-bond donors (Lipinski definition) is 1. The molecule has 0 spiro atoms. The third-order valence-corrected chi connectivity index (χ3v) is 3.15. The zero-order chi connectivity index (χ0) is 11.8. The van der Waals surface area contributed by atoms with Crippen molar-refractivity contribution >= 4 is 5.97 Å². The number of aliphatic hydroxyl groups is 1. The van der Waals surface area contributed by atoms with Crippen molar-refractivity contribution in [3.8, 4) is 0 Å². The van der Waals surface area contributed by atoms with Gasteiger partial charge in [0.1, 0.15) is 6.10 Å². The van der Waals surface area contributed by atoms with Gasteiger partial charge in [0.05, 0.1) is 5.41 Å². The van der Waals surface area contributed by atoms with Crippen molar-refractivity contribution in [1.82, 2.24) is 0 Å². The first-order valence-electron chi connectivity index (χ1n) is 5.16. The van der Waals surface area contributed by atoms with E-state index in [1.54, 1.807) is 13.0 Å². The Hall–Kier alpha value is -1.61. The molecule has 1 aromatic carbocycles. The summed E-state index contributed by atoms with van der Waals surface area (Å²) in [5, 5.41) is 9.80. The lowest BCUT2D eigenvalue weighted by Crippen LogP contribution is -2.32. The van der Waals surface area contributed by atoms with E-state index in [4.69, 9.17) is 4.74 Å². The van der Waals surface area contributed by atoms with Crippen LogP contribution < -0.4 is 0 Å². The highest BCUT2D eigenvalue weighted by atomic mass is 16.6. The van der Waals surface area contributed by atoms with Gasteiger partial charge in [-0.1, -0.05) is 36.4 Å².